The highest BCUT2D eigenvalue weighted by Crippen LogP contribution is 2.42. The van der Waals surface area contributed by atoms with Crippen molar-refractivity contribution < 1.29 is 13.6 Å². The Morgan fingerprint density at radius 1 is 1.06 bits per heavy atom. The molecule has 2 saturated heterocycles. The quantitative estimate of drug-likeness (QED) is 0.589. The standard InChI is InChI=1S/C24H27Cl2F2N3O/c1-30-11-9-16(10-12-30)29-21-7-6-18(25)24(23(21)26)31-14-15(5-8-22(31)32)13-17-19(27)3-2-4-20(17)28/h2-4,6-7,15-16,29H,5,8-14H2,1H3. The van der Waals surface area contributed by atoms with E-state index >= 15 is 0 Å². The van der Waals surface area contributed by atoms with Crippen LogP contribution in [0, 0.1) is 17.6 Å². The van der Waals surface area contributed by atoms with Gasteiger partial charge in [0.25, 0.3) is 0 Å². The number of carbonyl (C=O) groups excluding carboxylic acids is 1. The molecule has 32 heavy (non-hydrogen) atoms. The van der Waals surface area contributed by atoms with Crippen molar-refractivity contribution >= 4 is 40.5 Å². The largest absolute Gasteiger partial charge is 0.381 e. The zero-order valence-corrected chi connectivity index (χ0v) is 19.5. The number of piperidine rings is 2. The molecule has 1 atom stereocenters. The van der Waals surface area contributed by atoms with Gasteiger partial charge in [-0.25, -0.2) is 8.78 Å². The van der Waals surface area contributed by atoms with Crippen LogP contribution in [0.1, 0.15) is 31.2 Å². The Morgan fingerprint density at radius 3 is 2.44 bits per heavy atom. The second kappa shape index (κ2) is 9.94. The minimum Gasteiger partial charge on any atom is -0.381 e. The molecule has 2 aromatic carbocycles. The third-order valence-corrected chi connectivity index (χ3v) is 7.17. The van der Waals surface area contributed by atoms with Crippen molar-refractivity contribution in [2.45, 2.75) is 38.1 Å². The van der Waals surface area contributed by atoms with Crippen LogP contribution in [0.3, 0.4) is 0 Å². The van der Waals surface area contributed by atoms with Gasteiger partial charge in [0.05, 0.1) is 21.4 Å². The number of hydrogen-bond acceptors (Lipinski definition) is 3. The van der Waals surface area contributed by atoms with Crippen molar-refractivity contribution in [1.82, 2.24) is 4.90 Å². The Balaban J connectivity index is 1.55. The predicted octanol–water partition coefficient (Wildman–Crippen LogP) is 5.76. The summed E-state index contributed by atoms with van der Waals surface area (Å²) in [7, 11) is 2.11. The van der Waals surface area contributed by atoms with Crippen LogP contribution < -0.4 is 10.2 Å². The second-order valence-electron chi connectivity index (χ2n) is 8.79. The number of halogens is 4. The van der Waals surface area contributed by atoms with Crippen LogP contribution in [0.4, 0.5) is 20.2 Å². The van der Waals surface area contributed by atoms with Crippen LogP contribution in [-0.4, -0.2) is 43.5 Å². The maximum Gasteiger partial charge on any atom is 0.227 e. The number of hydrogen-bond donors (Lipinski definition) is 1. The highest BCUT2D eigenvalue weighted by molar-refractivity contribution is 6.41. The summed E-state index contributed by atoms with van der Waals surface area (Å²) in [4.78, 5) is 16.7. The van der Waals surface area contributed by atoms with E-state index in [0.29, 0.717) is 34.7 Å². The molecule has 1 N–H and O–H groups in total. The summed E-state index contributed by atoms with van der Waals surface area (Å²) in [5.41, 5.74) is 1.27. The summed E-state index contributed by atoms with van der Waals surface area (Å²) in [5, 5.41) is 4.29. The number of benzene rings is 2. The first-order valence-corrected chi connectivity index (χ1v) is 11.8. The van der Waals surface area contributed by atoms with Gasteiger partial charge in [0.2, 0.25) is 5.91 Å². The molecule has 2 heterocycles. The Morgan fingerprint density at radius 2 is 1.75 bits per heavy atom. The average molecular weight is 482 g/mol. The van der Waals surface area contributed by atoms with E-state index in [1.54, 1.807) is 11.0 Å². The van der Waals surface area contributed by atoms with Gasteiger partial charge in [-0.2, -0.15) is 0 Å². The van der Waals surface area contributed by atoms with E-state index < -0.39 is 11.6 Å². The second-order valence-corrected chi connectivity index (χ2v) is 9.58. The van der Waals surface area contributed by atoms with Crippen LogP contribution in [0.25, 0.3) is 0 Å². The van der Waals surface area contributed by atoms with Crippen molar-refractivity contribution in [3.8, 4) is 0 Å². The molecule has 8 heteroatoms. The van der Waals surface area contributed by atoms with Crippen molar-refractivity contribution in [1.29, 1.82) is 0 Å². The monoisotopic (exact) mass is 481 g/mol. The Hall–Kier alpha value is -1.89. The van der Waals surface area contributed by atoms with Gasteiger partial charge < -0.3 is 15.1 Å². The van der Waals surface area contributed by atoms with Crippen molar-refractivity contribution in [3.05, 3.63) is 57.6 Å². The summed E-state index contributed by atoms with van der Waals surface area (Å²) in [6, 6.07) is 7.76. The summed E-state index contributed by atoms with van der Waals surface area (Å²) in [6.45, 7) is 2.33. The van der Waals surface area contributed by atoms with Gasteiger partial charge in [0.15, 0.2) is 0 Å². The molecule has 4 rings (SSSR count). The Kier molecular flexibility index (Phi) is 7.23. The number of nitrogens with one attached hydrogen (secondary N) is 1. The lowest BCUT2D eigenvalue weighted by molar-refractivity contribution is -0.120. The molecule has 2 aromatic rings. The SMILES string of the molecule is CN1CCC(Nc2ccc(Cl)c(N3CC(Cc4c(F)cccc4F)CCC3=O)c2Cl)CC1. The molecule has 1 unspecified atom stereocenters. The van der Waals surface area contributed by atoms with E-state index in [2.05, 4.69) is 17.3 Å². The molecule has 0 spiro atoms. The molecule has 0 aromatic heterocycles. The molecule has 0 radical (unpaired) electrons. The fourth-order valence-corrected chi connectivity index (χ4v) is 5.21. The summed E-state index contributed by atoms with van der Waals surface area (Å²) in [5.74, 6) is -1.31. The van der Waals surface area contributed by atoms with Gasteiger partial charge in [0.1, 0.15) is 11.6 Å². The van der Waals surface area contributed by atoms with Crippen LogP contribution in [0.5, 0.6) is 0 Å². The van der Waals surface area contributed by atoms with E-state index in [0.717, 1.165) is 31.6 Å². The number of nitrogens with zero attached hydrogens (tertiary/aromatic N) is 2. The van der Waals surface area contributed by atoms with Gasteiger partial charge in [-0.3, -0.25) is 4.79 Å². The zero-order valence-electron chi connectivity index (χ0n) is 18.0. The van der Waals surface area contributed by atoms with E-state index in [1.165, 1.54) is 18.2 Å². The minimum absolute atomic E-state index is 0.0571. The molecule has 0 aliphatic carbocycles. The number of amides is 1. The molecule has 1 amide bonds. The van der Waals surface area contributed by atoms with Crippen LogP contribution in [0.2, 0.25) is 10.0 Å². The molecule has 4 nitrogen and oxygen atoms in total. The molecule has 172 valence electrons. The molecular formula is C24H27Cl2F2N3O. The number of rotatable bonds is 5. The first-order valence-electron chi connectivity index (χ1n) is 11.0. The number of likely N-dealkylation sites (tertiary alicyclic amines) is 1. The fraction of sp³-hybridized carbons (Fsp3) is 0.458. The summed E-state index contributed by atoms with van der Waals surface area (Å²) < 4.78 is 28.3. The number of carbonyl (C=O) groups is 1. The average Bonchev–Trinajstić information content (AvgIpc) is 2.76. The predicted molar refractivity (Wildman–Crippen MR) is 126 cm³/mol. The van der Waals surface area contributed by atoms with Gasteiger partial charge in [-0.05, 0) is 76.0 Å². The first kappa shape index (κ1) is 23.3. The maximum absolute atomic E-state index is 14.2. The van der Waals surface area contributed by atoms with E-state index in [-0.39, 0.29) is 30.2 Å². The van der Waals surface area contributed by atoms with Crippen LogP contribution in [-0.2, 0) is 11.2 Å². The molecule has 0 saturated carbocycles. The topological polar surface area (TPSA) is 35.6 Å². The van der Waals surface area contributed by atoms with E-state index in [1.807, 2.05) is 6.07 Å². The maximum atomic E-state index is 14.2. The third-order valence-electron chi connectivity index (χ3n) is 6.48. The van der Waals surface area contributed by atoms with Gasteiger partial charge in [-0.1, -0.05) is 29.3 Å². The molecular weight excluding hydrogens is 455 g/mol. The van der Waals surface area contributed by atoms with Gasteiger partial charge in [-0.15, -0.1) is 0 Å². The summed E-state index contributed by atoms with van der Waals surface area (Å²) >= 11 is 13.2. The lowest BCUT2D eigenvalue weighted by atomic mass is 9.90. The normalized spacial score (nSPS) is 20.6. The molecule has 0 bridgehead atoms. The Labute approximate surface area is 197 Å². The van der Waals surface area contributed by atoms with Crippen LogP contribution >= 0.6 is 23.2 Å². The minimum atomic E-state index is -0.561. The highest BCUT2D eigenvalue weighted by Gasteiger charge is 2.31. The van der Waals surface area contributed by atoms with Crippen LogP contribution in [0.15, 0.2) is 30.3 Å². The Bertz CT molecular complexity index is 975. The molecule has 2 aliphatic heterocycles. The third kappa shape index (κ3) is 5.03. The molecule has 2 aliphatic rings. The smallest absolute Gasteiger partial charge is 0.227 e. The van der Waals surface area contributed by atoms with E-state index in [9.17, 15) is 13.6 Å². The van der Waals surface area contributed by atoms with Crippen molar-refractivity contribution in [2.24, 2.45) is 5.92 Å². The van der Waals surface area contributed by atoms with Gasteiger partial charge in [0, 0.05) is 24.6 Å². The van der Waals surface area contributed by atoms with Crippen molar-refractivity contribution in [3.63, 3.8) is 0 Å². The number of anilines is 2. The lowest BCUT2D eigenvalue weighted by Crippen LogP contribution is -2.41. The fourth-order valence-electron chi connectivity index (χ4n) is 4.59. The summed E-state index contributed by atoms with van der Waals surface area (Å²) in [6.07, 6.45) is 3.06. The highest BCUT2D eigenvalue weighted by atomic mass is 35.5. The molecule has 2 fully saturated rings. The van der Waals surface area contributed by atoms with Crippen molar-refractivity contribution in [2.75, 3.05) is 36.9 Å². The zero-order chi connectivity index (χ0) is 22.8. The van der Waals surface area contributed by atoms with E-state index in [4.69, 9.17) is 23.2 Å². The first-order chi connectivity index (χ1) is 15.3. The lowest BCUT2D eigenvalue weighted by Gasteiger charge is -2.35. The van der Waals surface area contributed by atoms with Gasteiger partial charge >= 0.3 is 0 Å².